The fourth-order valence-electron chi connectivity index (χ4n) is 3.06. The number of para-hydroxylation sites is 2. The molecule has 0 spiro atoms. The fraction of sp³-hybridized carbons (Fsp3) is 0.286. The number of esters is 1. The molecular formula is C21H21ClN2O5. The maximum absolute atomic E-state index is 12.3. The molecule has 1 aliphatic heterocycles. The molecule has 8 heteroatoms. The van der Waals surface area contributed by atoms with Gasteiger partial charge in [0.15, 0.2) is 6.61 Å². The lowest BCUT2D eigenvalue weighted by Gasteiger charge is -2.20. The zero-order valence-electron chi connectivity index (χ0n) is 16.2. The molecule has 0 saturated heterocycles. The topological polar surface area (TPSA) is 84.9 Å². The Hall–Kier alpha value is -3.06. The largest absolute Gasteiger partial charge is 0.491 e. The third-order valence-corrected chi connectivity index (χ3v) is 4.68. The van der Waals surface area contributed by atoms with Crippen LogP contribution in [-0.2, 0) is 19.1 Å². The molecule has 1 heterocycles. The van der Waals surface area contributed by atoms with E-state index in [2.05, 4.69) is 5.32 Å². The van der Waals surface area contributed by atoms with Gasteiger partial charge in [-0.1, -0.05) is 29.8 Å². The van der Waals surface area contributed by atoms with Gasteiger partial charge in [0.1, 0.15) is 12.3 Å². The molecule has 0 atom stereocenters. The second-order valence-electron chi connectivity index (χ2n) is 6.69. The van der Waals surface area contributed by atoms with E-state index < -0.39 is 18.5 Å². The minimum absolute atomic E-state index is 0.146. The molecule has 0 unspecified atom stereocenters. The van der Waals surface area contributed by atoms with Gasteiger partial charge in [0, 0.05) is 0 Å². The zero-order valence-corrected chi connectivity index (χ0v) is 16.9. The van der Waals surface area contributed by atoms with Crippen LogP contribution >= 0.6 is 11.6 Å². The Morgan fingerprint density at radius 1 is 1.24 bits per heavy atom. The Balaban J connectivity index is 1.60. The van der Waals surface area contributed by atoms with Crippen LogP contribution in [0.5, 0.6) is 5.75 Å². The SMILES string of the molecule is Cc1cc(C)c(NC(=O)COC(=O)CN2C(=O)CCOc3ccccc32)c(Cl)c1. The number of nitrogens with zero attached hydrogens (tertiary/aromatic N) is 1. The number of anilines is 2. The summed E-state index contributed by atoms with van der Waals surface area (Å²) in [6, 6.07) is 10.6. The van der Waals surface area contributed by atoms with Crippen molar-refractivity contribution < 1.29 is 23.9 Å². The molecule has 2 aromatic carbocycles. The lowest BCUT2D eigenvalue weighted by Crippen LogP contribution is -2.37. The monoisotopic (exact) mass is 416 g/mol. The van der Waals surface area contributed by atoms with E-state index in [4.69, 9.17) is 21.1 Å². The summed E-state index contributed by atoms with van der Waals surface area (Å²) in [6.07, 6.45) is 0.146. The first-order valence-corrected chi connectivity index (χ1v) is 9.47. The van der Waals surface area contributed by atoms with Gasteiger partial charge in [-0.25, -0.2) is 0 Å². The molecule has 29 heavy (non-hydrogen) atoms. The molecule has 0 fully saturated rings. The summed E-state index contributed by atoms with van der Waals surface area (Å²) in [6.45, 7) is 3.17. The van der Waals surface area contributed by atoms with Crippen molar-refractivity contribution in [1.82, 2.24) is 0 Å². The number of hydrogen-bond donors (Lipinski definition) is 1. The minimum atomic E-state index is -0.697. The van der Waals surface area contributed by atoms with E-state index in [1.165, 1.54) is 4.90 Å². The summed E-state index contributed by atoms with van der Waals surface area (Å²) in [5.74, 6) is -0.943. The van der Waals surface area contributed by atoms with Crippen LogP contribution in [0.1, 0.15) is 17.5 Å². The van der Waals surface area contributed by atoms with Crippen molar-refractivity contribution in [2.75, 3.05) is 30.0 Å². The summed E-state index contributed by atoms with van der Waals surface area (Å²) in [5, 5.41) is 3.06. The van der Waals surface area contributed by atoms with Crippen molar-refractivity contribution in [3.8, 4) is 5.75 Å². The Morgan fingerprint density at radius 3 is 2.76 bits per heavy atom. The molecule has 0 aromatic heterocycles. The smallest absolute Gasteiger partial charge is 0.326 e. The Kier molecular flexibility index (Phi) is 6.39. The third-order valence-electron chi connectivity index (χ3n) is 4.38. The number of aryl methyl sites for hydroxylation is 2. The molecule has 152 valence electrons. The average molecular weight is 417 g/mol. The minimum Gasteiger partial charge on any atom is -0.491 e. The highest BCUT2D eigenvalue weighted by molar-refractivity contribution is 6.34. The Morgan fingerprint density at radius 2 is 2.00 bits per heavy atom. The molecule has 1 aliphatic rings. The van der Waals surface area contributed by atoms with E-state index in [0.717, 1.165) is 11.1 Å². The number of benzene rings is 2. The lowest BCUT2D eigenvalue weighted by molar-refractivity contribution is -0.146. The first kappa shape index (κ1) is 20.7. The molecule has 7 nitrogen and oxygen atoms in total. The number of ether oxygens (including phenoxy) is 2. The highest BCUT2D eigenvalue weighted by Crippen LogP contribution is 2.31. The zero-order chi connectivity index (χ0) is 21.0. The van der Waals surface area contributed by atoms with Crippen LogP contribution in [0.3, 0.4) is 0 Å². The predicted octanol–water partition coefficient (Wildman–Crippen LogP) is 3.25. The molecule has 3 rings (SSSR count). The first-order valence-electron chi connectivity index (χ1n) is 9.09. The van der Waals surface area contributed by atoms with Crippen LogP contribution < -0.4 is 15.0 Å². The summed E-state index contributed by atoms with van der Waals surface area (Å²) >= 11 is 6.17. The van der Waals surface area contributed by atoms with E-state index in [0.29, 0.717) is 22.1 Å². The van der Waals surface area contributed by atoms with Gasteiger partial charge in [0.05, 0.1) is 29.4 Å². The second kappa shape index (κ2) is 8.96. The molecule has 1 N–H and O–H groups in total. The van der Waals surface area contributed by atoms with Crippen molar-refractivity contribution in [1.29, 1.82) is 0 Å². The molecule has 2 aromatic rings. The van der Waals surface area contributed by atoms with E-state index >= 15 is 0 Å². The van der Waals surface area contributed by atoms with Gasteiger partial charge in [-0.05, 0) is 43.2 Å². The van der Waals surface area contributed by atoms with Crippen molar-refractivity contribution in [3.05, 3.63) is 52.5 Å². The maximum Gasteiger partial charge on any atom is 0.326 e. The van der Waals surface area contributed by atoms with Crippen LogP contribution in [0.15, 0.2) is 36.4 Å². The van der Waals surface area contributed by atoms with Crippen LogP contribution in [-0.4, -0.2) is 37.5 Å². The van der Waals surface area contributed by atoms with Gasteiger partial charge in [-0.2, -0.15) is 0 Å². The number of carbonyl (C=O) groups excluding carboxylic acids is 3. The van der Waals surface area contributed by atoms with Crippen molar-refractivity contribution in [2.45, 2.75) is 20.3 Å². The normalized spacial score (nSPS) is 13.2. The number of hydrogen-bond acceptors (Lipinski definition) is 5. The van der Waals surface area contributed by atoms with Crippen LogP contribution in [0.2, 0.25) is 5.02 Å². The first-order chi connectivity index (χ1) is 13.8. The summed E-state index contributed by atoms with van der Waals surface area (Å²) < 4.78 is 10.6. The second-order valence-corrected chi connectivity index (χ2v) is 7.10. The summed E-state index contributed by atoms with van der Waals surface area (Å²) in [5.41, 5.74) is 2.76. The summed E-state index contributed by atoms with van der Waals surface area (Å²) in [4.78, 5) is 38.1. The van der Waals surface area contributed by atoms with Gasteiger partial charge in [-0.3, -0.25) is 19.3 Å². The molecule has 2 amide bonds. The van der Waals surface area contributed by atoms with Gasteiger partial charge >= 0.3 is 5.97 Å². The molecular weight excluding hydrogens is 396 g/mol. The molecule has 0 saturated carbocycles. The third kappa shape index (κ3) is 5.06. The van der Waals surface area contributed by atoms with Gasteiger partial charge in [0.2, 0.25) is 5.91 Å². The number of rotatable bonds is 5. The van der Waals surface area contributed by atoms with Crippen LogP contribution in [0, 0.1) is 13.8 Å². The van der Waals surface area contributed by atoms with Crippen LogP contribution in [0.25, 0.3) is 0 Å². The number of halogens is 1. The number of amides is 2. The van der Waals surface area contributed by atoms with E-state index in [1.54, 1.807) is 30.3 Å². The molecule has 0 radical (unpaired) electrons. The quantitative estimate of drug-likeness (QED) is 0.756. The predicted molar refractivity (Wildman–Crippen MR) is 109 cm³/mol. The molecule has 0 bridgehead atoms. The number of carbonyl (C=O) groups is 3. The Labute approximate surface area is 173 Å². The fourth-order valence-corrected chi connectivity index (χ4v) is 3.43. The van der Waals surface area contributed by atoms with Crippen molar-refractivity contribution in [2.24, 2.45) is 0 Å². The average Bonchev–Trinajstić information content (AvgIpc) is 2.82. The van der Waals surface area contributed by atoms with Crippen molar-refractivity contribution in [3.63, 3.8) is 0 Å². The van der Waals surface area contributed by atoms with E-state index in [9.17, 15) is 14.4 Å². The van der Waals surface area contributed by atoms with Crippen molar-refractivity contribution >= 4 is 40.8 Å². The van der Waals surface area contributed by atoms with Gasteiger partial charge < -0.3 is 14.8 Å². The standard InChI is InChI=1S/C21H21ClN2O5/c1-13-9-14(2)21(15(22)10-13)23-18(25)12-29-20(27)11-24-16-5-3-4-6-17(16)28-8-7-19(24)26/h3-6,9-10H,7-8,11-12H2,1-2H3,(H,23,25). The van der Waals surface area contributed by atoms with E-state index in [-0.39, 0.29) is 25.5 Å². The van der Waals surface area contributed by atoms with Gasteiger partial charge in [-0.15, -0.1) is 0 Å². The maximum atomic E-state index is 12.3. The Bertz CT molecular complexity index is 937. The van der Waals surface area contributed by atoms with Crippen LogP contribution in [0.4, 0.5) is 11.4 Å². The highest BCUT2D eigenvalue weighted by Gasteiger charge is 2.26. The highest BCUT2D eigenvalue weighted by atomic mass is 35.5. The van der Waals surface area contributed by atoms with Gasteiger partial charge in [0.25, 0.3) is 5.91 Å². The summed E-state index contributed by atoms with van der Waals surface area (Å²) in [7, 11) is 0. The van der Waals surface area contributed by atoms with E-state index in [1.807, 2.05) is 19.9 Å². The molecule has 0 aliphatic carbocycles. The number of fused-ring (bicyclic) bond motifs is 1. The lowest BCUT2D eigenvalue weighted by atomic mass is 10.1. The number of nitrogens with one attached hydrogen (secondary N) is 1.